The molecule has 10 aliphatic rings. The molecular weight excluding hydrogens is 703 g/mol. The molecule has 9 atom stereocenters. The molecule has 4 aromatic rings. The van der Waals surface area contributed by atoms with Crippen LogP contribution in [0.15, 0.2) is 121 Å². The molecular formula is C34H26Cl2FeP2Pd. The SMILES string of the molecule is Cl[C]12[CH]3[CH]4[C]5(P(c6ccccc6)c6ccccc6)[C]1(Cl)[Fe]34251678[CH]2[CH]1[CH]6[C]7(P(c1ccccc1)c1ccccc1)[CH]28.[Pd]. The summed E-state index contributed by atoms with van der Waals surface area (Å²) in [4.78, 5) is 5.50. The first-order valence-electron chi connectivity index (χ1n) is 14.3. The van der Waals surface area contributed by atoms with E-state index in [2.05, 4.69) is 121 Å². The summed E-state index contributed by atoms with van der Waals surface area (Å²) in [6, 6.07) is 46.5. The molecule has 10 aliphatic heterocycles. The Morgan fingerprint density at radius 2 is 0.875 bits per heavy atom. The predicted molar refractivity (Wildman–Crippen MR) is 163 cm³/mol. The second-order valence-electron chi connectivity index (χ2n) is 15.7. The summed E-state index contributed by atoms with van der Waals surface area (Å²) in [7, 11) is -1.03. The molecule has 1 spiro atoms. The number of hydrogen-bond acceptors (Lipinski definition) is 0. The topological polar surface area (TPSA) is 0 Å². The maximum absolute atomic E-state index is 8.58. The fourth-order valence-corrected chi connectivity index (χ4v) is 138. The molecule has 9 unspecified atom stereocenters. The van der Waals surface area contributed by atoms with Crippen LogP contribution < -0.4 is 21.2 Å². The van der Waals surface area contributed by atoms with Gasteiger partial charge in [0.25, 0.3) is 0 Å². The number of fused-ring (bicyclic) bond motifs is 10. The molecule has 10 fully saturated rings. The van der Waals surface area contributed by atoms with Crippen LogP contribution in [0.2, 0.25) is 28.9 Å². The molecule has 4 aromatic carbocycles. The van der Waals surface area contributed by atoms with E-state index in [0.29, 0.717) is 8.11 Å². The molecule has 14 rings (SSSR count). The number of alkyl halides is 2. The van der Waals surface area contributed by atoms with Crippen molar-refractivity contribution in [3.8, 4) is 0 Å². The van der Waals surface area contributed by atoms with E-state index in [9.17, 15) is 0 Å². The predicted octanol–water partition coefficient (Wildman–Crippen LogP) is 7.75. The third kappa shape index (κ3) is 0.508. The van der Waals surface area contributed by atoms with Crippen LogP contribution in [0.4, 0.5) is 0 Å². The fraction of sp³-hybridized carbons (Fsp3) is 0.294. The minimum atomic E-state index is -4.62. The van der Waals surface area contributed by atoms with Crippen molar-refractivity contribution in [3.05, 3.63) is 121 Å². The van der Waals surface area contributed by atoms with Gasteiger partial charge in [0.1, 0.15) is 0 Å². The van der Waals surface area contributed by atoms with Crippen molar-refractivity contribution >= 4 is 60.3 Å². The number of rotatable bonds is 6. The molecule has 0 nitrogen and oxygen atoms in total. The first-order chi connectivity index (χ1) is 18.9. The number of halogens is 2. The van der Waals surface area contributed by atoms with Crippen molar-refractivity contribution in [2.45, 2.75) is 44.6 Å². The summed E-state index contributed by atoms with van der Waals surface area (Å²) in [5, 5.41) is 6.30. The van der Waals surface area contributed by atoms with E-state index in [1.54, 1.807) is 21.2 Å². The summed E-state index contributed by atoms with van der Waals surface area (Å²) < 4.78 is 0.747. The van der Waals surface area contributed by atoms with Gasteiger partial charge in [-0.05, 0) is 0 Å². The summed E-state index contributed by atoms with van der Waals surface area (Å²) in [5.74, 6) is 0. The molecule has 40 heavy (non-hydrogen) atoms. The van der Waals surface area contributed by atoms with Gasteiger partial charge in [-0.15, -0.1) is 0 Å². The molecule has 0 amide bonds. The van der Waals surface area contributed by atoms with Crippen molar-refractivity contribution in [3.63, 3.8) is 0 Å². The largest absolute Gasteiger partial charge is 0 e. The van der Waals surface area contributed by atoms with Gasteiger partial charge in [-0.1, -0.05) is 0 Å². The number of benzene rings is 4. The molecule has 10 heterocycles. The Labute approximate surface area is 251 Å². The summed E-state index contributed by atoms with van der Waals surface area (Å²) in [6.07, 6.45) is 0. The second kappa shape index (κ2) is 3.49. The van der Waals surface area contributed by atoms with Crippen molar-refractivity contribution < 1.29 is 26.9 Å². The summed E-state index contributed by atoms with van der Waals surface area (Å²) >= 11 is 16.9. The van der Waals surface area contributed by atoms with E-state index >= 15 is 0 Å². The van der Waals surface area contributed by atoms with Gasteiger partial charge in [0.05, 0.1) is 0 Å². The van der Waals surface area contributed by atoms with Crippen LogP contribution in [0, 0.1) is 0 Å². The van der Waals surface area contributed by atoms with Crippen LogP contribution in [0.25, 0.3) is 0 Å². The smallest absolute Gasteiger partial charge is 0 e. The summed E-state index contributed by atoms with van der Waals surface area (Å²) in [6.45, 7) is -4.62. The zero-order valence-electron chi connectivity index (χ0n) is 21.3. The van der Waals surface area contributed by atoms with Gasteiger partial charge in [-0.2, -0.15) is 0 Å². The van der Waals surface area contributed by atoms with Crippen molar-refractivity contribution in [1.82, 2.24) is 0 Å². The van der Waals surface area contributed by atoms with E-state index in [0.717, 1.165) is 28.9 Å². The Morgan fingerprint density at radius 3 is 1.18 bits per heavy atom. The number of hydrogen-bond donors (Lipinski definition) is 0. The van der Waals surface area contributed by atoms with Gasteiger partial charge in [-0.3, -0.25) is 0 Å². The zero-order valence-corrected chi connectivity index (χ0v) is 27.3. The fourth-order valence-electron chi connectivity index (χ4n) is 21.0. The average Bonchev–Trinajstić information content (AvgIpc) is 3.96. The van der Waals surface area contributed by atoms with E-state index in [1.807, 2.05) is 0 Å². The van der Waals surface area contributed by atoms with Crippen molar-refractivity contribution in [2.75, 3.05) is 0 Å². The van der Waals surface area contributed by atoms with Crippen molar-refractivity contribution in [2.24, 2.45) is 0 Å². The Hall–Kier alpha value is -0.498. The van der Waals surface area contributed by atoms with Crippen LogP contribution in [0.1, 0.15) is 0 Å². The molecule has 0 aliphatic carbocycles. The van der Waals surface area contributed by atoms with E-state index in [-0.39, 0.29) is 28.0 Å². The molecule has 0 N–H and O–H groups in total. The Kier molecular flexibility index (Phi) is 1.93. The third-order valence-corrected chi connectivity index (χ3v) is 82.8. The van der Waals surface area contributed by atoms with E-state index in [4.69, 9.17) is 23.2 Å². The Balaban J connectivity index is 0.00000193. The van der Waals surface area contributed by atoms with Crippen LogP contribution in [0.5, 0.6) is 0 Å². The minimum absolute atomic E-state index is 0. The van der Waals surface area contributed by atoms with Crippen LogP contribution in [-0.2, 0) is 26.9 Å². The van der Waals surface area contributed by atoms with Crippen LogP contribution in [-0.4, -0.2) is 15.7 Å². The molecule has 6 heteroatoms. The van der Waals surface area contributed by atoms with Crippen LogP contribution in [0.3, 0.4) is 0 Å². The molecule has 0 bridgehead atoms. The summed E-state index contributed by atoms with van der Waals surface area (Å²) in [5.41, 5.74) is 0. The minimum Gasteiger partial charge on any atom is 0 e. The molecule has 0 saturated carbocycles. The molecule has 0 aromatic heterocycles. The standard InChI is InChI=1S/C17H12Cl2P.C17H14P.Fe.Pd/c18-15-11-12-16(17(15)19)20(13-7-3-1-4-8-13)14-9-5-2-6-10-14;1-3-9-15(10-4-1)18(17-13-7-8-14-17)16-11-5-2-6-12-16;;/h1-12H;1-14H;;. The van der Waals surface area contributed by atoms with Gasteiger partial charge < -0.3 is 0 Å². The van der Waals surface area contributed by atoms with Crippen LogP contribution >= 0.6 is 39.0 Å². The average molecular weight is 730 g/mol. The third-order valence-electron chi connectivity index (χ3n) is 19.4. The Morgan fingerprint density at radius 1 is 0.500 bits per heavy atom. The van der Waals surface area contributed by atoms with Gasteiger partial charge in [0.15, 0.2) is 0 Å². The van der Waals surface area contributed by atoms with E-state index < -0.39 is 22.4 Å². The monoisotopic (exact) mass is 728 g/mol. The second-order valence-corrected chi connectivity index (χ2v) is 45.6. The van der Waals surface area contributed by atoms with Gasteiger partial charge in [0, 0.05) is 20.4 Å². The zero-order chi connectivity index (χ0) is 25.4. The normalized spacial score (nSPS) is 62.7. The Bertz CT molecular complexity index is 2260. The maximum atomic E-state index is 8.58. The van der Waals surface area contributed by atoms with Gasteiger partial charge in [-0.25, -0.2) is 0 Å². The van der Waals surface area contributed by atoms with Gasteiger partial charge >= 0.3 is 233 Å². The quantitative estimate of drug-likeness (QED) is 0.108. The first kappa shape index (κ1) is 22.1. The molecule has 204 valence electrons. The van der Waals surface area contributed by atoms with Gasteiger partial charge in [0.2, 0.25) is 0 Å². The maximum Gasteiger partial charge on any atom is 0 e. The molecule has 0 radical (unpaired) electrons. The van der Waals surface area contributed by atoms with E-state index in [1.165, 1.54) is 0 Å². The first-order valence-corrected chi connectivity index (χ1v) is 23.8. The van der Waals surface area contributed by atoms with Crippen molar-refractivity contribution in [1.29, 1.82) is 0 Å². The molecule has 10 saturated heterocycles.